The fraction of sp³-hybridized carbons (Fsp3) is 0.0909. The molecule has 17 heavy (non-hydrogen) atoms. The minimum atomic E-state index is 0.164. The van der Waals surface area contributed by atoms with Gasteiger partial charge in [-0.05, 0) is 40.2 Å². The minimum absolute atomic E-state index is 0.164. The molecule has 0 aliphatic rings. The first-order valence-electron chi connectivity index (χ1n) is 4.79. The molecule has 0 aliphatic heterocycles. The third-order valence-corrected chi connectivity index (χ3v) is 2.55. The number of benzene rings is 1. The van der Waals surface area contributed by atoms with Gasteiger partial charge in [0.2, 0.25) is 11.8 Å². The average Bonchev–Trinajstić information content (AvgIpc) is 2.35. The molecule has 88 valence electrons. The lowest BCUT2D eigenvalue weighted by atomic mass is 10.3. The van der Waals surface area contributed by atoms with Gasteiger partial charge in [0.1, 0.15) is 11.5 Å². The van der Waals surface area contributed by atoms with E-state index < -0.39 is 0 Å². The Morgan fingerprint density at radius 3 is 2.47 bits per heavy atom. The van der Waals surface area contributed by atoms with E-state index in [9.17, 15) is 0 Å². The molecule has 0 unspecified atom stereocenters. The number of ether oxygens (including phenoxy) is 2. The number of rotatable bonds is 3. The lowest BCUT2D eigenvalue weighted by Crippen LogP contribution is -1.97. The van der Waals surface area contributed by atoms with Crippen LogP contribution >= 0.6 is 15.9 Å². The van der Waals surface area contributed by atoms with Gasteiger partial charge in [-0.25, -0.2) is 4.98 Å². The topological polar surface area (TPSA) is 70.3 Å². The molecule has 0 bridgehead atoms. The lowest BCUT2D eigenvalue weighted by Gasteiger charge is -2.07. The van der Waals surface area contributed by atoms with Gasteiger partial charge < -0.3 is 15.2 Å². The third kappa shape index (κ3) is 2.85. The largest absolute Gasteiger partial charge is 0.497 e. The van der Waals surface area contributed by atoms with Crippen molar-refractivity contribution in [1.82, 2.24) is 9.97 Å². The highest BCUT2D eigenvalue weighted by Crippen LogP contribution is 2.28. The maximum Gasteiger partial charge on any atom is 0.238 e. The van der Waals surface area contributed by atoms with Crippen molar-refractivity contribution in [2.45, 2.75) is 0 Å². The van der Waals surface area contributed by atoms with Crippen molar-refractivity contribution < 1.29 is 9.47 Å². The molecule has 0 saturated heterocycles. The van der Waals surface area contributed by atoms with Crippen molar-refractivity contribution in [3.05, 3.63) is 34.9 Å². The Hall–Kier alpha value is -1.82. The van der Waals surface area contributed by atoms with Crippen molar-refractivity contribution in [3.8, 4) is 17.4 Å². The van der Waals surface area contributed by atoms with E-state index in [1.165, 1.54) is 0 Å². The fourth-order valence-corrected chi connectivity index (χ4v) is 1.46. The first kappa shape index (κ1) is 11.7. The molecule has 6 heteroatoms. The van der Waals surface area contributed by atoms with Crippen LogP contribution in [0.3, 0.4) is 0 Å². The van der Waals surface area contributed by atoms with Crippen LogP contribution in [0.1, 0.15) is 0 Å². The third-order valence-electron chi connectivity index (χ3n) is 2.00. The van der Waals surface area contributed by atoms with Gasteiger partial charge in [0.15, 0.2) is 0 Å². The van der Waals surface area contributed by atoms with Gasteiger partial charge in [0.25, 0.3) is 0 Å². The van der Waals surface area contributed by atoms with Crippen LogP contribution in [0.15, 0.2) is 34.9 Å². The number of halogens is 1. The van der Waals surface area contributed by atoms with Gasteiger partial charge in [-0.2, -0.15) is 4.98 Å². The van der Waals surface area contributed by atoms with Gasteiger partial charge >= 0.3 is 0 Å². The second-order valence-electron chi connectivity index (χ2n) is 3.16. The molecule has 0 amide bonds. The number of nitrogen functional groups attached to an aromatic ring is 1. The van der Waals surface area contributed by atoms with E-state index in [1.807, 2.05) is 0 Å². The Morgan fingerprint density at radius 2 is 1.82 bits per heavy atom. The number of aromatic nitrogens is 2. The van der Waals surface area contributed by atoms with Gasteiger partial charge in [0.05, 0.1) is 17.8 Å². The molecule has 0 fully saturated rings. The van der Waals surface area contributed by atoms with Gasteiger partial charge in [-0.1, -0.05) is 0 Å². The second-order valence-corrected chi connectivity index (χ2v) is 4.01. The van der Waals surface area contributed by atoms with E-state index >= 15 is 0 Å². The first-order valence-corrected chi connectivity index (χ1v) is 5.58. The first-order chi connectivity index (χ1) is 8.19. The molecule has 0 atom stereocenters. The molecule has 0 radical (unpaired) electrons. The lowest BCUT2D eigenvalue weighted by molar-refractivity contribution is 0.412. The SMILES string of the molecule is COc1ccc(Oc2nc(N)ncc2Br)cc1. The Bertz CT molecular complexity index is 517. The molecule has 1 aromatic carbocycles. The molecule has 2 N–H and O–H groups in total. The highest BCUT2D eigenvalue weighted by Gasteiger charge is 2.06. The number of nitrogens with two attached hydrogens (primary N) is 1. The number of hydrogen-bond donors (Lipinski definition) is 1. The van der Waals surface area contributed by atoms with Crippen molar-refractivity contribution in [2.24, 2.45) is 0 Å². The Labute approximate surface area is 107 Å². The standard InChI is InChI=1S/C11H10BrN3O2/c1-16-7-2-4-8(5-3-7)17-10-9(12)6-14-11(13)15-10/h2-6H,1H3,(H2,13,14,15). The summed E-state index contributed by atoms with van der Waals surface area (Å²) in [5.74, 6) is 1.95. The Morgan fingerprint density at radius 1 is 1.18 bits per heavy atom. The normalized spacial score (nSPS) is 10.0. The Kier molecular flexibility index (Phi) is 3.43. The number of hydrogen-bond acceptors (Lipinski definition) is 5. The van der Waals surface area contributed by atoms with E-state index in [2.05, 4.69) is 25.9 Å². The fourth-order valence-electron chi connectivity index (χ4n) is 1.19. The van der Waals surface area contributed by atoms with Crippen molar-refractivity contribution in [3.63, 3.8) is 0 Å². The van der Waals surface area contributed by atoms with E-state index in [0.29, 0.717) is 16.1 Å². The molecule has 1 aromatic heterocycles. The molecule has 0 saturated carbocycles. The van der Waals surface area contributed by atoms with E-state index in [4.69, 9.17) is 15.2 Å². The van der Waals surface area contributed by atoms with E-state index in [0.717, 1.165) is 5.75 Å². The second kappa shape index (κ2) is 5.01. The van der Waals surface area contributed by atoms with Crippen LogP contribution in [0.5, 0.6) is 17.4 Å². The zero-order valence-corrected chi connectivity index (χ0v) is 10.6. The highest BCUT2D eigenvalue weighted by molar-refractivity contribution is 9.10. The summed E-state index contributed by atoms with van der Waals surface area (Å²) < 4.78 is 11.2. The van der Waals surface area contributed by atoms with E-state index in [1.54, 1.807) is 37.6 Å². The molecule has 0 aliphatic carbocycles. The van der Waals surface area contributed by atoms with Gasteiger partial charge in [-0.15, -0.1) is 0 Å². The maximum atomic E-state index is 5.56. The van der Waals surface area contributed by atoms with Crippen LogP contribution in [-0.4, -0.2) is 17.1 Å². The summed E-state index contributed by atoms with van der Waals surface area (Å²) in [7, 11) is 1.61. The van der Waals surface area contributed by atoms with Crippen LogP contribution in [0.2, 0.25) is 0 Å². The summed E-state index contributed by atoms with van der Waals surface area (Å²) in [6, 6.07) is 7.16. The minimum Gasteiger partial charge on any atom is -0.497 e. The monoisotopic (exact) mass is 295 g/mol. The maximum absolute atomic E-state index is 5.56. The quantitative estimate of drug-likeness (QED) is 0.942. The summed E-state index contributed by atoms with van der Waals surface area (Å²) in [5, 5.41) is 0. The van der Waals surface area contributed by atoms with Crippen molar-refractivity contribution in [1.29, 1.82) is 0 Å². The summed E-state index contributed by atoms with van der Waals surface area (Å²) in [6.07, 6.45) is 1.54. The van der Waals surface area contributed by atoms with Crippen molar-refractivity contribution in [2.75, 3.05) is 12.8 Å². The molecular weight excluding hydrogens is 286 g/mol. The smallest absolute Gasteiger partial charge is 0.238 e. The zero-order valence-electron chi connectivity index (χ0n) is 9.05. The molecule has 1 heterocycles. The number of anilines is 1. The summed E-state index contributed by atoms with van der Waals surface area (Å²) in [6.45, 7) is 0. The van der Waals surface area contributed by atoms with Crippen LogP contribution in [0.25, 0.3) is 0 Å². The summed E-state index contributed by atoms with van der Waals surface area (Å²) in [5.41, 5.74) is 5.48. The molecule has 2 aromatic rings. The van der Waals surface area contributed by atoms with Crippen LogP contribution < -0.4 is 15.2 Å². The summed E-state index contributed by atoms with van der Waals surface area (Å²) in [4.78, 5) is 7.81. The summed E-state index contributed by atoms with van der Waals surface area (Å²) >= 11 is 3.29. The predicted octanol–water partition coefficient (Wildman–Crippen LogP) is 2.62. The van der Waals surface area contributed by atoms with Crippen LogP contribution in [0.4, 0.5) is 5.95 Å². The molecular formula is C11H10BrN3O2. The van der Waals surface area contributed by atoms with Gasteiger partial charge in [-0.3, -0.25) is 0 Å². The predicted molar refractivity (Wildman–Crippen MR) is 67.2 cm³/mol. The zero-order chi connectivity index (χ0) is 12.3. The Balaban J connectivity index is 2.22. The van der Waals surface area contributed by atoms with Crippen LogP contribution in [0, 0.1) is 0 Å². The van der Waals surface area contributed by atoms with E-state index in [-0.39, 0.29) is 5.95 Å². The number of nitrogens with zero attached hydrogens (tertiary/aromatic N) is 2. The van der Waals surface area contributed by atoms with Gasteiger partial charge in [0, 0.05) is 0 Å². The van der Waals surface area contributed by atoms with Crippen LogP contribution in [-0.2, 0) is 0 Å². The molecule has 5 nitrogen and oxygen atoms in total. The molecule has 2 rings (SSSR count). The molecule has 0 spiro atoms. The van der Waals surface area contributed by atoms with Crippen molar-refractivity contribution >= 4 is 21.9 Å². The number of methoxy groups -OCH3 is 1. The average molecular weight is 296 g/mol. The highest BCUT2D eigenvalue weighted by atomic mass is 79.9.